The Morgan fingerprint density at radius 3 is 2.50 bits per heavy atom. The van der Waals surface area contributed by atoms with Gasteiger partial charge in [-0.25, -0.2) is 0 Å². The summed E-state index contributed by atoms with van der Waals surface area (Å²) in [6, 6.07) is 0. The monoisotopic (exact) mass is 146 g/mol. The van der Waals surface area contributed by atoms with Crippen molar-refractivity contribution in [3.8, 4) is 0 Å². The zero-order valence-corrected chi connectivity index (χ0v) is 6.50. The summed E-state index contributed by atoms with van der Waals surface area (Å²) < 4.78 is 15.4. The lowest BCUT2D eigenvalue weighted by Crippen LogP contribution is -2.28. The highest BCUT2D eigenvalue weighted by molar-refractivity contribution is 4.67. The molecule has 3 heteroatoms. The standard InChI is InChI=1S/C7H14O3/c1-8-7(9-2)6-4-3-5-10-6/h6-7H,3-5H2,1-2H3/t6-/m1/s1. The fourth-order valence-electron chi connectivity index (χ4n) is 1.22. The second-order valence-corrected chi connectivity index (χ2v) is 2.39. The van der Waals surface area contributed by atoms with Gasteiger partial charge >= 0.3 is 0 Å². The molecule has 1 heterocycles. The van der Waals surface area contributed by atoms with E-state index in [1.807, 2.05) is 0 Å². The lowest BCUT2D eigenvalue weighted by molar-refractivity contribution is -0.167. The highest BCUT2D eigenvalue weighted by atomic mass is 16.7. The van der Waals surface area contributed by atoms with Crippen molar-refractivity contribution in [3.63, 3.8) is 0 Å². The Balaban J connectivity index is 2.29. The molecule has 3 nitrogen and oxygen atoms in total. The van der Waals surface area contributed by atoms with Crippen molar-refractivity contribution in [1.82, 2.24) is 0 Å². The summed E-state index contributed by atoms with van der Waals surface area (Å²) in [6.45, 7) is 0.841. The lowest BCUT2D eigenvalue weighted by Gasteiger charge is -2.18. The molecule has 0 radical (unpaired) electrons. The van der Waals surface area contributed by atoms with Crippen molar-refractivity contribution in [2.24, 2.45) is 0 Å². The highest BCUT2D eigenvalue weighted by Gasteiger charge is 2.25. The Kier molecular flexibility index (Phi) is 3.12. The van der Waals surface area contributed by atoms with Crippen molar-refractivity contribution >= 4 is 0 Å². The van der Waals surface area contributed by atoms with Crippen molar-refractivity contribution in [3.05, 3.63) is 0 Å². The number of ether oxygens (including phenoxy) is 3. The first-order valence-electron chi connectivity index (χ1n) is 3.55. The number of methoxy groups -OCH3 is 2. The molecule has 0 aromatic heterocycles. The predicted molar refractivity (Wildman–Crippen MR) is 36.8 cm³/mol. The molecule has 1 atom stereocenters. The van der Waals surface area contributed by atoms with Crippen LogP contribution in [0.5, 0.6) is 0 Å². The lowest BCUT2D eigenvalue weighted by atomic mass is 10.2. The van der Waals surface area contributed by atoms with Gasteiger partial charge in [0.15, 0.2) is 6.29 Å². The van der Waals surface area contributed by atoms with Crippen molar-refractivity contribution in [2.45, 2.75) is 25.2 Å². The Morgan fingerprint density at radius 1 is 1.40 bits per heavy atom. The molecule has 0 spiro atoms. The molecule has 0 aromatic carbocycles. The Morgan fingerprint density at radius 2 is 2.10 bits per heavy atom. The van der Waals surface area contributed by atoms with Crippen LogP contribution in [0.2, 0.25) is 0 Å². The molecule has 0 aromatic rings. The average molecular weight is 146 g/mol. The van der Waals surface area contributed by atoms with E-state index in [0.717, 1.165) is 19.4 Å². The molecule has 0 unspecified atom stereocenters. The van der Waals surface area contributed by atoms with Crippen molar-refractivity contribution in [1.29, 1.82) is 0 Å². The van der Waals surface area contributed by atoms with Gasteiger partial charge in [0.25, 0.3) is 0 Å². The largest absolute Gasteiger partial charge is 0.373 e. The maximum atomic E-state index is 5.35. The maximum Gasteiger partial charge on any atom is 0.182 e. The Hall–Kier alpha value is -0.120. The third-order valence-corrected chi connectivity index (χ3v) is 1.73. The van der Waals surface area contributed by atoms with Crippen LogP contribution in [0.3, 0.4) is 0 Å². The minimum absolute atomic E-state index is 0.148. The maximum absolute atomic E-state index is 5.35. The number of rotatable bonds is 3. The van der Waals surface area contributed by atoms with Gasteiger partial charge in [0.2, 0.25) is 0 Å². The first-order chi connectivity index (χ1) is 4.88. The molecule has 0 bridgehead atoms. The van der Waals surface area contributed by atoms with E-state index in [4.69, 9.17) is 14.2 Å². The predicted octanol–water partition coefficient (Wildman–Crippen LogP) is 0.784. The minimum Gasteiger partial charge on any atom is -0.373 e. The van der Waals surface area contributed by atoms with Crippen LogP contribution in [0.1, 0.15) is 12.8 Å². The van der Waals surface area contributed by atoms with Crippen LogP contribution in [0, 0.1) is 0 Å². The van der Waals surface area contributed by atoms with E-state index in [2.05, 4.69) is 0 Å². The summed E-state index contributed by atoms with van der Waals surface area (Å²) in [5.74, 6) is 0. The fourth-order valence-corrected chi connectivity index (χ4v) is 1.22. The van der Waals surface area contributed by atoms with Gasteiger partial charge in [-0.15, -0.1) is 0 Å². The quantitative estimate of drug-likeness (QED) is 0.551. The molecule has 1 aliphatic heterocycles. The van der Waals surface area contributed by atoms with Crippen molar-refractivity contribution < 1.29 is 14.2 Å². The van der Waals surface area contributed by atoms with Gasteiger partial charge in [-0.05, 0) is 12.8 Å². The normalized spacial score (nSPS) is 26.1. The molecular formula is C7H14O3. The molecule has 60 valence electrons. The van der Waals surface area contributed by atoms with Gasteiger partial charge in [-0.1, -0.05) is 0 Å². The van der Waals surface area contributed by atoms with Crippen LogP contribution >= 0.6 is 0 Å². The van der Waals surface area contributed by atoms with Crippen LogP contribution in [0.4, 0.5) is 0 Å². The molecule has 1 fully saturated rings. The summed E-state index contributed by atoms with van der Waals surface area (Å²) >= 11 is 0. The molecule has 0 amide bonds. The molecule has 0 aliphatic carbocycles. The molecule has 0 N–H and O–H groups in total. The smallest absolute Gasteiger partial charge is 0.182 e. The summed E-state index contributed by atoms with van der Waals surface area (Å²) in [6.07, 6.45) is 2.14. The first-order valence-corrected chi connectivity index (χ1v) is 3.55. The van der Waals surface area contributed by atoms with Crippen LogP contribution in [0.25, 0.3) is 0 Å². The molecule has 10 heavy (non-hydrogen) atoms. The second kappa shape index (κ2) is 3.91. The van der Waals surface area contributed by atoms with Gasteiger partial charge in [0, 0.05) is 20.8 Å². The molecule has 0 saturated carbocycles. The number of hydrogen-bond donors (Lipinski definition) is 0. The van der Waals surface area contributed by atoms with Gasteiger partial charge in [-0.3, -0.25) is 0 Å². The van der Waals surface area contributed by atoms with E-state index in [-0.39, 0.29) is 12.4 Å². The molecular weight excluding hydrogens is 132 g/mol. The highest BCUT2D eigenvalue weighted by Crippen LogP contribution is 2.17. The van der Waals surface area contributed by atoms with Gasteiger partial charge in [0.1, 0.15) is 6.10 Å². The zero-order chi connectivity index (χ0) is 7.40. The summed E-state index contributed by atoms with van der Waals surface area (Å²) in [5.41, 5.74) is 0. The topological polar surface area (TPSA) is 27.7 Å². The van der Waals surface area contributed by atoms with E-state index >= 15 is 0 Å². The van der Waals surface area contributed by atoms with Gasteiger partial charge < -0.3 is 14.2 Å². The second-order valence-electron chi connectivity index (χ2n) is 2.39. The Labute approximate surface area is 61.3 Å². The van der Waals surface area contributed by atoms with Gasteiger partial charge in [0.05, 0.1) is 0 Å². The van der Waals surface area contributed by atoms with E-state index in [9.17, 15) is 0 Å². The third-order valence-electron chi connectivity index (χ3n) is 1.73. The van der Waals surface area contributed by atoms with E-state index in [1.54, 1.807) is 14.2 Å². The van der Waals surface area contributed by atoms with Crippen LogP contribution in [0.15, 0.2) is 0 Å². The fraction of sp³-hybridized carbons (Fsp3) is 1.00. The average Bonchev–Trinajstić information content (AvgIpc) is 2.43. The Bertz CT molecular complexity index is 84.9. The summed E-state index contributed by atoms with van der Waals surface area (Å²) in [7, 11) is 3.27. The zero-order valence-electron chi connectivity index (χ0n) is 6.50. The van der Waals surface area contributed by atoms with E-state index in [0.29, 0.717) is 0 Å². The van der Waals surface area contributed by atoms with Gasteiger partial charge in [-0.2, -0.15) is 0 Å². The summed E-state index contributed by atoms with van der Waals surface area (Å²) in [5, 5.41) is 0. The number of hydrogen-bond acceptors (Lipinski definition) is 3. The SMILES string of the molecule is COC(OC)[C@H]1CCCO1. The third kappa shape index (κ3) is 1.68. The molecule has 1 aliphatic rings. The summed E-state index contributed by atoms with van der Waals surface area (Å²) in [4.78, 5) is 0. The van der Waals surface area contributed by atoms with Crippen molar-refractivity contribution in [2.75, 3.05) is 20.8 Å². The van der Waals surface area contributed by atoms with E-state index in [1.165, 1.54) is 0 Å². The molecule has 1 saturated heterocycles. The van der Waals surface area contributed by atoms with Crippen LogP contribution in [-0.2, 0) is 14.2 Å². The first kappa shape index (κ1) is 7.98. The minimum atomic E-state index is -0.178. The van der Waals surface area contributed by atoms with Crippen LogP contribution < -0.4 is 0 Å². The van der Waals surface area contributed by atoms with E-state index < -0.39 is 0 Å². The van der Waals surface area contributed by atoms with Crippen LogP contribution in [-0.4, -0.2) is 33.2 Å². The molecule has 1 rings (SSSR count).